The van der Waals surface area contributed by atoms with E-state index in [0.29, 0.717) is 33.9 Å². The zero-order valence-corrected chi connectivity index (χ0v) is 23.2. The summed E-state index contributed by atoms with van der Waals surface area (Å²) in [5.41, 5.74) is 0.779. The lowest BCUT2D eigenvalue weighted by Crippen LogP contribution is -2.20. The number of carbonyl (C=O) groups is 1. The number of aromatic nitrogens is 3. The number of sulfone groups is 1. The van der Waals surface area contributed by atoms with Crippen LogP contribution in [0.2, 0.25) is 0 Å². The van der Waals surface area contributed by atoms with Gasteiger partial charge in [-0.1, -0.05) is 6.07 Å². The molecule has 0 aliphatic carbocycles. The van der Waals surface area contributed by atoms with Gasteiger partial charge in [-0.3, -0.25) is 0 Å². The zero-order valence-electron chi connectivity index (χ0n) is 22.4. The minimum Gasteiger partial charge on any atom is -0.493 e. The molecule has 11 nitrogen and oxygen atoms in total. The predicted octanol–water partition coefficient (Wildman–Crippen LogP) is 4.37. The Bertz CT molecular complexity index is 1620. The van der Waals surface area contributed by atoms with E-state index in [4.69, 9.17) is 23.7 Å². The van der Waals surface area contributed by atoms with Gasteiger partial charge in [0.15, 0.2) is 28.0 Å². The second kappa shape index (κ2) is 11.2. The van der Waals surface area contributed by atoms with Gasteiger partial charge in [0.2, 0.25) is 9.84 Å². The lowest BCUT2D eigenvalue weighted by Gasteiger charge is -2.20. The Kier molecular flexibility index (Phi) is 7.95. The fourth-order valence-corrected chi connectivity index (χ4v) is 5.73. The van der Waals surface area contributed by atoms with Crippen LogP contribution in [0.15, 0.2) is 47.8 Å². The quantitative estimate of drug-likeness (QED) is 0.281. The van der Waals surface area contributed by atoms with Gasteiger partial charge in [-0.15, -0.1) is 0 Å². The maximum atomic E-state index is 14.1. The molecule has 0 aliphatic rings. The number of benzene rings is 2. The van der Waals surface area contributed by atoms with E-state index in [1.54, 1.807) is 37.3 Å². The minimum absolute atomic E-state index is 0.0153. The summed E-state index contributed by atoms with van der Waals surface area (Å²) >= 11 is 0. The molecule has 2 aromatic carbocycles. The summed E-state index contributed by atoms with van der Waals surface area (Å²) in [6.45, 7) is 3.12. The van der Waals surface area contributed by atoms with Gasteiger partial charge in [-0.05, 0) is 37.6 Å². The summed E-state index contributed by atoms with van der Waals surface area (Å²) in [5.74, 6) is 0.882. The molecule has 1 N–H and O–H groups in total. The second-order valence-corrected chi connectivity index (χ2v) is 10.5. The lowest BCUT2D eigenvalue weighted by atomic mass is 9.95. The summed E-state index contributed by atoms with van der Waals surface area (Å²) in [6, 6.07) is 8.21. The third-order valence-corrected chi connectivity index (χ3v) is 8.24. The van der Waals surface area contributed by atoms with E-state index in [-0.39, 0.29) is 29.1 Å². The third-order valence-electron chi connectivity index (χ3n) is 6.25. The zero-order chi connectivity index (χ0) is 28.3. The topological polar surface area (TPSA) is 139 Å². The van der Waals surface area contributed by atoms with Crippen molar-refractivity contribution in [1.29, 1.82) is 0 Å². The smallest absolute Gasteiger partial charge is 0.341 e. The van der Waals surface area contributed by atoms with Gasteiger partial charge in [0.05, 0.1) is 40.6 Å². The summed E-state index contributed by atoms with van der Waals surface area (Å²) in [4.78, 5) is 25.0. The number of fused-ring (bicyclic) bond motifs is 1. The van der Waals surface area contributed by atoms with Crippen LogP contribution in [0.3, 0.4) is 0 Å². The van der Waals surface area contributed by atoms with E-state index in [2.05, 4.69) is 15.0 Å². The van der Waals surface area contributed by atoms with Crippen LogP contribution in [0.5, 0.6) is 23.0 Å². The molecule has 0 spiro atoms. The molecule has 206 valence electrons. The monoisotopic (exact) mass is 555 g/mol. The summed E-state index contributed by atoms with van der Waals surface area (Å²) in [5, 5.41) is -1.16. The fraction of sp³-hybridized carbons (Fsp3) is 0.296. The van der Waals surface area contributed by atoms with E-state index < -0.39 is 26.1 Å². The van der Waals surface area contributed by atoms with Gasteiger partial charge in [-0.2, -0.15) is 0 Å². The van der Waals surface area contributed by atoms with Crippen LogP contribution in [0.4, 0.5) is 0 Å². The molecule has 0 fully saturated rings. The Morgan fingerprint density at radius 1 is 0.949 bits per heavy atom. The Morgan fingerprint density at radius 3 is 2.18 bits per heavy atom. The Hall–Kier alpha value is -4.32. The van der Waals surface area contributed by atoms with Crippen molar-refractivity contribution in [2.24, 2.45) is 0 Å². The number of hydrogen-bond acceptors (Lipinski definition) is 10. The highest BCUT2D eigenvalue weighted by atomic mass is 32.2. The highest BCUT2D eigenvalue weighted by Gasteiger charge is 2.36. The van der Waals surface area contributed by atoms with Crippen molar-refractivity contribution >= 4 is 26.7 Å². The van der Waals surface area contributed by atoms with E-state index in [0.717, 1.165) is 0 Å². The number of carbonyl (C=O) groups excluding carboxylic acids is 1. The number of nitrogens with zero attached hydrogens (tertiary/aromatic N) is 2. The van der Waals surface area contributed by atoms with Crippen molar-refractivity contribution in [3.8, 4) is 34.1 Å². The molecule has 1 atom stereocenters. The van der Waals surface area contributed by atoms with Crippen molar-refractivity contribution < 1.29 is 36.9 Å². The number of rotatable bonds is 10. The average molecular weight is 556 g/mol. The largest absolute Gasteiger partial charge is 0.493 e. The predicted molar refractivity (Wildman–Crippen MR) is 144 cm³/mol. The van der Waals surface area contributed by atoms with Crippen LogP contribution >= 0.6 is 0 Å². The number of ether oxygens (including phenoxy) is 5. The summed E-state index contributed by atoms with van der Waals surface area (Å²) < 4.78 is 55.3. The number of H-pyrrole nitrogens is 1. The van der Waals surface area contributed by atoms with Crippen LogP contribution in [0.1, 0.15) is 35.3 Å². The number of imidazole rings is 1. The average Bonchev–Trinajstić information content (AvgIpc) is 3.49. The van der Waals surface area contributed by atoms with Crippen molar-refractivity contribution in [3.05, 3.63) is 54.1 Å². The van der Waals surface area contributed by atoms with Crippen LogP contribution in [-0.2, 0) is 14.6 Å². The molecule has 39 heavy (non-hydrogen) atoms. The number of hydrogen-bond donors (Lipinski definition) is 1. The molecule has 4 rings (SSSR count). The van der Waals surface area contributed by atoms with Crippen molar-refractivity contribution in [3.63, 3.8) is 0 Å². The van der Waals surface area contributed by atoms with Gasteiger partial charge in [0, 0.05) is 29.4 Å². The van der Waals surface area contributed by atoms with Crippen molar-refractivity contribution in [2.45, 2.75) is 24.1 Å². The van der Waals surface area contributed by atoms with Crippen LogP contribution in [0.25, 0.3) is 22.0 Å². The molecular weight excluding hydrogens is 526 g/mol. The van der Waals surface area contributed by atoms with Gasteiger partial charge >= 0.3 is 5.97 Å². The summed E-state index contributed by atoms with van der Waals surface area (Å²) in [6.07, 6.45) is 2.97. The van der Waals surface area contributed by atoms with Crippen molar-refractivity contribution in [2.75, 3.05) is 35.0 Å². The molecule has 0 saturated carbocycles. The number of methoxy groups -OCH3 is 4. The molecule has 12 heteroatoms. The van der Waals surface area contributed by atoms with Gasteiger partial charge in [0.25, 0.3) is 0 Å². The maximum Gasteiger partial charge on any atom is 0.341 e. The number of esters is 1. The Morgan fingerprint density at radius 2 is 1.59 bits per heavy atom. The Labute approximate surface area is 226 Å². The number of aromatic amines is 1. The highest BCUT2D eigenvalue weighted by molar-refractivity contribution is 7.91. The minimum atomic E-state index is -4.28. The number of nitrogens with one attached hydrogen (secondary N) is 1. The third kappa shape index (κ3) is 4.94. The molecule has 1 unspecified atom stereocenters. The molecule has 0 aliphatic heterocycles. The lowest BCUT2D eigenvalue weighted by molar-refractivity contribution is 0.0522. The molecule has 4 aromatic rings. The molecule has 0 amide bonds. The van der Waals surface area contributed by atoms with E-state index in [1.807, 2.05) is 0 Å². The SMILES string of the molecule is CCOC(=O)c1c(S(=O)(=O)C(C)c2ncc[nH]2)nc2cc(OC)c(OC)cc2c1-c1ccc(OC)c(OC)c1. The second-order valence-electron chi connectivity index (χ2n) is 8.34. The van der Waals surface area contributed by atoms with Gasteiger partial charge in [-0.25, -0.2) is 23.2 Å². The molecule has 2 aromatic heterocycles. The molecule has 0 saturated heterocycles. The molecule has 2 heterocycles. The first kappa shape index (κ1) is 27.7. The highest BCUT2D eigenvalue weighted by Crippen LogP contribution is 2.43. The Balaban J connectivity index is 2.19. The van der Waals surface area contributed by atoms with Gasteiger partial charge < -0.3 is 28.7 Å². The van der Waals surface area contributed by atoms with Gasteiger partial charge in [0.1, 0.15) is 16.6 Å². The fourth-order valence-electron chi connectivity index (χ4n) is 4.27. The summed E-state index contributed by atoms with van der Waals surface area (Å²) in [7, 11) is 1.64. The van der Waals surface area contributed by atoms with Crippen molar-refractivity contribution in [1.82, 2.24) is 15.0 Å². The first-order chi connectivity index (χ1) is 18.7. The van der Waals surface area contributed by atoms with E-state index in [9.17, 15) is 13.2 Å². The molecular formula is C27H29N3O8S. The normalized spacial score (nSPS) is 12.2. The van der Waals surface area contributed by atoms with Crippen LogP contribution in [-0.4, -0.2) is 64.4 Å². The van der Waals surface area contributed by atoms with Crippen LogP contribution < -0.4 is 18.9 Å². The standard InChI is InChI=1S/C27H29N3O8S/c1-7-38-27(31)24-23(16-8-9-19(34-3)20(12-16)35-4)17-13-21(36-5)22(37-6)14-18(17)30-26(24)39(32,33)15(2)25-28-10-11-29-25/h8-15H,7H2,1-6H3,(H,28,29). The number of pyridine rings is 1. The maximum absolute atomic E-state index is 14.1. The van der Waals surface area contributed by atoms with E-state index >= 15 is 0 Å². The van der Waals surface area contributed by atoms with Crippen LogP contribution in [0, 0.1) is 0 Å². The molecule has 0 radical (unpaired) electrons. The van der Waals surface area contributed by atoms with E-state index in [1.165, 1.54) is 47.8 Å². The first-order valence-electron chi connectivity index (χ1n) is 11.9. The first-order valence-corrected chi connectivity index (χ1v) is 13.5. The molecule has 0 bridgehead atoms.